The van der Waals surface area contributed by atoms with E-state index in [0.717, 1.165) is 0 Å². The van der Waals surface area contributed by atoms with Gasteiger partial charge in [-0.05, 0) is 18.2 Å². The van der Waals surface area contributed by atoms with Crippen LogP contribution in [0.15, 0.2) is 30.3 Å². The largest absolute Gasteiger partial charge is 0.493 e. The average molecular weight is 449 g/mol. The van der Waals surface area contributed by atoms with Crippen molar-refractivity contribution in [3.63, 3.8) is 0 Å². The van der Waals surface area contributed by atoms with Crippen LogP contribution in [0.5, 0.6) is 17.2 Å². The van der Waals surface area contributed by atoms with Crippen LogP contribution in [-0.2, 0) is 9.47 Å². The Labute approximate surface area is 183 Å². The average Bonchev–Trinajstić information content (AvgIpc) is 2.77. The van der Waals surface area contributed by atoms with Crippen LogP contribution in [0.2, 0.25) is 0 Å². The molecule has 0 bridgehead atoms. The van der Waals surface area contributed by atoms with Crippen LogP contribution in [0.25, 0.3) is 0 Å². The van der Waals surface area contributed by atoms with Gasteiger partial charge in [0.25, 0.3) is 5.91 Å². The zero-order valence-electron chi connectivity index (χ0n) is 17.9. The van der Waals surface area contributed by atoms with Gasteiger partial charge in [-0.1, -0.05) is 6.07 Å². The van der Waals surface area contributed by atoms with Crippen LogP contribution in [0.3, 0.4) is 0 Å². The smallest absolute Gasteiger partial charge is 0.411 e. The first-order valence-electron chi connectivity index (χ1n) is 9.17. The fourth-order valence-electron chi connectivity index (χ4n) is 2.74. The number of nitro benzene ring substituents is 1. The van der Waals surface area contributed by atoms with E-state index in [4.69, 9.17) is 23.7 Å². The Bertz CT molecular complexity index is 995. The Hall–Kier alpha value is -4.06. The molecule has 0 atom stereocenters. The van der Waals surface area contributed by atoms with Crippen molar-refractivity contribution >= 4 is 29.1 Å². The Kier molecular flexibility index (Phi) is 8.60. The number of carbonyl (C=O) groups excluding carboxylic acids is 2. The van der Waals surface area contributed by atoms with Gasteiger partial charge in [0.05, 0.1) is 32.9 Å². The maximum absolute atomic E-state index is 12.9. The summed E-state index contributed by atoms with van der Waals surface area (Å²) in [7, 11) is 5.31. The van der Waals surface area contributed by atoms with Crippen LogP contribution in [0.4, 0.5) is 21.9 Å². The van der Waals surface area contributed by atoms with Crippen molar-refractivity contribution in [2.45, 2.75) is 0 Å². The summed E-state index contributed by atoms with van der Waals surface area (Å²) in [4.78, 5) is 35.6. The Morgan fingerprint density at radius 1 is 0.938 bits per heavy atom. The second-order valence-electron chi connectivity index (χ2n) is 6.09. The molecule has 2 rings (SSSR count). The minimum Gasteiger partial charge on any atom is -0.493 e. The first-order chi connectivity index (χ1) is 15.4. The third-order valence-electron chi connectivity index (χ3n) is 4.12. The quantitative estimate of drug-likeness (QED) is 0.317. The van der Waals surface area contributed by atoms with E-state index in [2.05, 4.69) is 10.6 Å². The summed E-state index contributed by atoms with van der Waals surface area (Å²) in [6.45, 7) is 0.320. The maximum Gasteiger partial charge on any atom is 0.411 e. The maximum atomic E-state index is 12.9. The van der Waals surface area contributed by atoms with Crippen molar-refractivity contribution in [2.75, 3.05) is 52.3 Å². The Morgan fingerprint density at radius 2 is 1.59 bits per heavy atom. The summed E-state index contributed by atoms with van der Waals surface area (Å²) in [6, 6.07) is 7.34. The van der Waals surface area contributed by atoms with Gasteiger partial charge in [0.1, 0.15) is 12.2 Å². The van der Waals surface area contributed by atoms with Crippen LogP contribution in [0, 0.1) is 10.1 Å². The lowest BCUT2D eigenvalue weighted by molar-refractivity contribution is -0.386. The van der Waals surface area contributed by atoms with Gasteiger partial charge < -0.3 is 29.0 Å². The van der Waals surface area contributed by atoms with Crippen molar-refractivity contribution in [1.82, 2.24) is 0 Å². The summed E-state index contributed by atoms with van der Waals surface area (Å²) in [5.41, 5.74) is -0.280. The second-order valence-corrected chi connectivity index (χ2v) is 6.09. The number of ether oxygens (including phenoxy) is 5. The van der Waals surface area contributed by atoms with E-state index in [0.29, 0.717) is 5.69 Å². The van der Waals surface area contributed by atoms with Crippen molar-refractivity contribution in [3.8, 4) is 17.2 Å². The first kappa shape index (κ1) is 24.2. The SMILES string of the molecule is COCCOC(=O)Nc1cccc(NC(=O)c2cc(OC)c(OC)c(OC)c2[N+](=O)[O-])c1. The molecule has 172 valence electrons. The van der Waals surface area contributed by atoms with Crippen molar-refractivity contribution < 1.29 is 38.2 Å². The third kappa shape index (κ3) is 5.76. The molecule has 0 saturated carbocycles. The molecular formula is C20H23N3O9. The van der Waals surface area contributed by atoms with Crippen molar-refractivity contribution in [2.24, 2.45) is 0 Å². The number of nitrogens with one attached hydrogen (secondary N) is 2. The Morgan fingerprint density at radius 3 is 2.16 bits per heavy atom. The highest BCUT2D eigenvalue weighted by Gasteiger charge is 2.32. The van der Waals surface area contributed by atoms with Gasteiger partial charge in [-0.25, -0.2) is 4.79 Å². The number of methoxy groups -OCH3 is 4. The second kappa shape index (κ2) is 11.4. The summed E-state index contributed by atoms with van der Waals surface area (Å²) < 4.78 is 25.2. The number of nitrogens with zero attached hydrogens (tertiary/aromatic N) is 1. The molecule has 2 aromatic carbocycles. The lowest BCUT2D eigenvalue weighted by atomic mass is 10.1. The number of anilines is 2. The molecule has 0 unspecified atom stereocenters. The molecule has 2 amide bonds. The molecule has 2 N–H and O–H groups in total. The van der Waals surface area contributed by atoms with Gasteiger partial charge >= 0.3 is 11.8 Å². The van der Waals surface area contributed by atoms with Gasteiger partial charge in [-0.3, -0.25) is 20.2 Å². The number of rotatable bonds is 10. The molecule has 12 nitrogen and oxygen atoms in total. The van der Waals surface area contributed by atoms with E-state index in [1.54, 1.807) is 18.2 Å². The van der Waals surface area contributed by atoms with E-state index < -0.39 is 22.6 Å². The first-order valence-corrected chi connectivity index (χ1v) is 9.17. The normalized spacial score (nSPS) is 10.1. The van der Waals surface area contributed by atoms with Crippen molar-refractivity contribution in [3.05, 3.63) is 46.0 Å². The van der Waals surface area contributed by atoms with E-state index in [1.165, 1.54) is 40.6 Å². The van der Waals surface area contributed by atoms with Gasteiger partial charge in [-0.15, -0.1) is 0 Å². The number of hydrogen-bond donors (Lipinski definition) is 2. The van der Waals surface area contributed by atoms with Crippen LogP contribution in [0.1, 0.15) is 10.4 Å². The molecule has 2 aromatic rings. The number of nitro groups is 1. The van der Waals surface area contributed by atoms with Gasteiger partial charge in [0.2, 0.25) is 11.5 Å². The fourth-order valence-corrected chi connectivity index (χ4v) is 2.74. The third-order valence-corrected chi connectivity index (χ3v) is 4.12. The standard InChI is InChI=1S/C20H23N3O9/c1-28-8-9-32-20(25)22-13-7-5-6-12(10-13)21-19(24)14-11-15(29-2)17(30-3)18(31-4)16(14)23(26)27/h5-7,10-11H,8-9H2,1-4H3,(H,21,24)(H,22,25). The number of carbonyl (C=O) groups is 2. The van der Waals surface area contributed by atoms with Crippen molar-refractivity contribution in [1.29, 1.82) is 0 Å². The van der Waals surface area contributed by atoms with E-state index in [1.807, 2.05) is 0 Å². The van der Waals surface area contributed by atoms with E-state index in [9.17, 15) is 19.7 Å². The molecule has 0 aliphatic heterocycles. The lowest BCUT2D eigenvalue weighted by Crippen LogP contribution is -2.17. The fraction of sp³-hybridized carbons (Fsp3) is 0.300. The molecule has 32 heavy (non-hydrogen) atoms. The summed E-state index contributed by atoms with van der Waals surface area (Å²) in [6.07, 6.45) is -0.703. The summed E-state index contributed by atoms with van der Waals surface area (Å²) in [5.74, 6) is -0.988. The molecule has 0 spiro atoms. The highest BCUT2D eigenvalue weighted by Crippen LogP contribution is 2.46. The molecule has 12 heteroatoms. The molecule has 0 saturated heterocycles. The Balaban J connectivity index is 2.31. The molecular weight excluding hydrogens is 426 g/mol. The topological polar surface area (TPSA) is 147 Å². The molecule has 0 aliphatic carbocycles. The van der Waals surface area contributed by atoms with Gasteiger partial charge in [-0.2, -0.15) is 0 Å². The summed E-state index contributed by atoms with van der Waals surface area (Å²) in [5, 5.41) is 16.7. The number of benzene rings is 2. The lowest BCUT2D eigenvalue weighted by Gasteiger charge is -2.15. The number of amides is 2. The van der Waals surface area contributed by atoms with Crippen LogP contribution in [-0.4, -0.2) is 58.6 Å². The molecule has 0 aliphatic rings. The molecule has 0 radical (unpaired) electrons. The highest BCUT2D eigenvalue weighted by molar-refractivity contribution is 6.08. The zero-order valence-corrected chi connectivity index (χ0v) is 17.9. The highest BCUT2D eigenvalue weighted by atomic mass is 16.6. The molecule has 0 fully saturated rings. The predicted molar refractivity (Wildman–Crippen MR) is 114 cm³/mol. The molecule has 0 heterocycles. The van der Waals surface area contributed by atoms with Gasteiger partial charge in [0, 0.05) is 24.6 Å². The monoisotopic (exact) mass is 449 g/mol. The minimum absolute atomic E-state index is 0.0172. The van der Waals surface area contributed by atoms with E-state index in [-0.39, 0.29) is 41.7 Å². The summed E-state index contributed by atoms with van der Waals surface area (Å²) >= 11 is 0. The van der Waals surface area contributed by atoms with Gasteiger partial charge in [0.15, 0.2) is 5.75 Å². The van der Waals surface area contributed by atoms with E-state index >= 15 is 0 Å². The van der Waals surface area contributed by atoms with Crippen LogP contribution >= 0.6 is 0 Å². The number of hydrogen-bond acceptors (Lipinski definition) is 9. The molecule has 0 aromatic heterocycles. The zero-order chi connectivity index (χ0) is 23.7. The predicted octanol–water partition coefficient (Wildman–Crippen LogP) is 3.07. The minimum atomic E-state index is -0.796. The van der Waals surface area contributed by atoms with Crippen LogP contribution < -0.4 is 24.8 Å².